The van der Waals surface area contributed by atoms with Crippen LogP contribution in [0, 0.1) is 0 Å². The lowest BCUT2D eigenvalue weighted by Gasteiger charge is -2.06. The first kappa shape index (κ1) is 9.63. The molecule has 0 aromatic carbocycles. The van der Waals surface area contributed by atoms with Gasteiger partial charge in [0.2, 0.25) is 0 Å². The van der Waals surface area contributed by atoms with Gasteiger partial charge in [0, 0.05) is 7.05 Å². The van der Waals surface area contributed by atoms with Crippen LogP contribution in [0.4, 0.5) is 18.9 Å². The number of aromatic amines is 1. The summed E-state index contributed by atoms with van der Waals surface area (Å²) in [5, 5.41) is 2.46. The van der Waals surface area contributed by atoms with Crippen LogP contribution in [0.1, 0.15) is 5.69 Å². The number of H-pyrrole nitrogens is 1. The Labute approximate surface area is 71.6 Å². The summed E-state index contributed by atoms with van der Waals surface area (Å²) in [5.41, 5.74) is -1.72. The summed E-state index contributed by atoms with van der Waals surface area (Å²) in [6.07, 6.45) is -4.51. The third-order valence-corrected chi connectivity index (χ3v) is 1.48. The molecule has 1 aromatic heterocycles. The van der Waals surface area contributed by atoms with Gasteiger partial charge in [-0.2, -0.15) is 13.2 Å². The molecule has 0 unspecified atom stereocenters. The molecule has 0 bridgehead atoms. The Bertz CT molecular complexity index is 355. The van der Waals surface area contributed by atoms with E-state index < -0.39 is 17.4 Å². The fraction of sp³-hybridized carbons (Fsp3) is 0.286. The highest BCUT2D eigenvalue weighted by atomic mass is 19.4. The molecule has 0 aliphatic carbocycles. The van der Waals surface area contributed by atoms with Gasteiger partial charge in [-0.25, -0.2) is 0 Å². The number of nitrogens with one attached hydrogen (secondary N) is 2. The Kier molecular flexibility index (Phi) is 2.31. The van der Waals surface area contributed by atoms with Gasteiger partial charge >= 0.3 is 6.18 Å². The molecule has 0 amide bonds. The van der Waals surface area contributed by atoms with Crippen LogP contribution in [0.5, 0.6) is 0 Å². The van der Waals surface area contributed by atoms with E-state index in [1.54, 1.807) is 4.98 Å². The average molecular weight is 192 g/mol. The monoisotopic (exact) mass is 192 g/mol. The van der Waals surface area contributed by atoms with Gasteiger partial charge < -0.3 is 10.3 Å². The summed E-state index contributed by atoms with van der Waals surface area (Å²) in [6, 6.07) is 1.90. The second-order valence-electron chi connectivity index (χ2n) is 2.36. The van der Waals surface area contributed by atoms with E-state index in [0.717, 1.165) is 12.1 Å². The largest absolute Gasteiger partial charge is 0.431 e. The lowest BCUT2D eigenvalue weighted by molar-refractivity contribution is -0.141. The van der Waals surface area contributed by atoms with Gasteiger partial charge in [0.05, 0.1) is 0 Å². The Morgan fingerprint density at radius 2 is 2.00 bits per heavy atom. The first-order valence-corrected chi connectivity index (χ1v) is 3.43. The number of hydrogen-bond donors (Lipinski definition) is 2. The van der Waals surface area contributed by atoms with Gasteiger partial charge in [0.15, 0.2) is 0 Å². The van der Waals surface area contributed by atoms with Crippen molar-refractivity contribution < 1.29 is 13.2 Å². The van der Waals surface area contributed by atoms with Crippen LogP contribution in [-0.2, 0) is 6.18 Å². The van der Waals surface area contributed by atoms with E-state index in [1.807, 2.05) is 0 Å². The molecule has 0 saturated carbocycles. The van der Waals surface area contributed by atoms with Crippen LogP contribution in [-0.4, -0.2) is 12.0 Å². The van der Waals surface area contributed by atoms with Crippen molar-refractivity contribution in [3.63, 3.8) is 0 Å². The summed E-state index contributed by atoms with van der Waals surface area (Å²) in [7, 11) is 1.46. The lowest BCUT2D eigenvalue weighted by Crippen LogP contribution is -2.18. The highest BCUT2D eigenvalue weighted by Gasteiger charge is 2.31. The maximum Gasteiger partial charge on any atom is 0.431 e. The predicted molar refractivity (Wildman–Crippen MR) is 41.6 cm³/mol. The van der Waals surface area contributed by atoms with Crippen LogP contribution in [0.2, 0.25) is 0 Å². The van der Waals surface area contributed by atoms with Gasteiger partial charge in [-0.05, 0) is 12.1 Å². The van der Waals surface area contributed by atoms with Crippen molar-refractivity contribution in [1.29, 1.82) is 0 Å². The minimum absolute atomic E-state index is 0.105. The SMILES string of the molecule is CNc1ccc(C(F)(F)F)[nH]c1=O. The molecule has 3 nitrogen and oxygen atoms in total. The highest BCUT2D eigenvalue weighted by molar-refractivity contribution is 5.40. The lowest BCUT2D eigenvalue weighted by atomic mass is 10.3. The minimum atomic E-state index is -4.51. The fourth-order valence-corrected chi connectivity index (χ4v) is 0.836. The van der Waals surface area contributed by atoms with Gasteiger partial charge in [-0.3, -0.25) is 4.79 Å². The first-order valence-electron chi connectivity index (χ1n) is 3.43. The molecule has 0 spiro atoms. The molecule has 1 rings (SSSR count). The normalized spacial score (nSPS) is 11.4. The Morgan fingerprint density at radius 1 is 1.38 bits per heavy atom. The summed E-state index contributed by atoms with van der Waals surface area (Å²) in [5.74, 6) is 0. The third kappa shape index (κ3) is 2.01. The van der Waals surface area contributed by atoms with Crippen molar-refractivity contribution in [3.05, 3.63) is 28.2 Å². The standard InChI is InChI=1S/C7H7F3N2O/c1-11-4-2-3-5(7(8,9)10)12-6(4)13/h2-3,11H,1H3,(H,12,13). The second kappa shape index (κ2) is 3.12. The molecule has 0 aliphatic rings. The van der Waals surface area contributed by atoms with Gasteiger partial charge in [-0.1, -0.05) is 0 Å². The van der Waals surface area contributed by atoms with Gasteiger partial charge in [0.25, 0.3) is 5.56 Å². The predicted octanol–water partition coefficient (Wildman–Crippen LogP) is 1.44. The van der Waals surface area contributed by atoms with E-state index in [2.05, 4.69) is 5.32 Å². The third-order valence-electron chi connectivity index (χ3n) is 1.48. The van der Waals surface area contributed by atoms with Crippen LogP contribution < -0.4 is 10.9 Å². The van der Waals surface area contributed by atoms with Crippen LogP contribution in [0.25, 0.3) is 0 Å². The van der Waals surface area contributed by atoms with E-state index in [4.69, 9.17) is 0 Å². The van der Waals surface area contributed by atoms with Crippen LogP contribution >= 0.6 is 0 Å². The zero-order valence-corrected chi connectivity index (χ0v) is 6.70. The van der Waals surface area contributed by atoms with Crippen LogP contribution in [0.3, 0.4) is 0 Å². The van der Waals surface area contributed by atoms with Crippen molar-refractivity contribution in [2.24, 2.45) is 0 Å². The number of rotatable bonds is 1. The Balaban J connectivity index is 3.18. The Hall–Kier alpha value is -1.46. The molecule has 13 heavy (non-hydrogen) atoms. The zero-order valence-electron chi connectivity index (χ0n) is 6.70. The van der Waals surface area contributed by atoms with E-state index >= 15 is 0 Å². The summed E-state index contributed by atoms with van der Waals surface area (Å²) >= 11 is 0. The van der Waals surface area contributed by atoms with Crippen molar-refractivity contribution in [1.82, 2.24) is 4.98 Å². The average Bonchev–Trinajstić information content (AvgIpc) is 2.02. The maximum absolute atomic E-state index is 12.0. The number of halogens is 3. The molecule has 0 atom stereocenters. The van der Waals surface area contributed by atoms with E-state index in [-0.39, 0.29) is 5.69 Å². The maximum atomic E-state index is 12.0. The topological polar surface area (TPSA) is 44.9 Å². The molecule has 1 heterocycles. The molecule has 0 radical (unpaired) electrons. The quantitative estimate of drug-likeness (QED) is 0.707. The molecule has 6 heteroatoms. The van der Waals surface area contributed by atoms with Crippen molar-refractivity contribution in [2.75, 3.05) is 12.4 Å². The molecule has 0 aliphatic heterocycles. The van der Waals surface area contributed by atoms with Gasteiger partial charge in [0.1, 0.15) is 11.4 Å². The molecule has 1 aromatic rings. The smallest absolute Gasteiger partial charge is 0.384 e. The first-order chi connectivity index (χ1) is 5.95. The number of anilines is 1. The fourth-order valence-electron chi connectivity index (χ4n) is 0.836. The number of aromatic nitrogens is 1. The molecule has 0 saturated heterocycles. The molecular formula is C7H7F3N2O. The minimum Gasteiger partial charge on any atom is -0.384 e. The summed E-state index contributed by atoms with van der Waals surface area (Å²) in [6.45, 7) is 0. The Morgan fingerprint density at radius 3 is 2.38 bits per heavy atom. The second-order valence-corrected chi connectivity index (χ2v) is 2.36. The molecule has 0 fully saturated rings. The van der Waals surface area contributed by atoms with E-state index in [1.165, 1.54) is 7.05 Å². The van der Waals surface area contributed by atoms with Crippen molar-refractivity contribution in [3.8, 4) is 0 Å². The van der Waals surface area contributed by atoms with E-state index in [9.17, 15) is 18.0 Å². The van der Waals surface area contributed by atoms with Crippen molar-refractivity contribution >= 4 is 5.69 Å². The highest BCUT2D eigenvalue weighted by Crippen LogP contribution is 2.26. The van der Waals surface area contributed by atoms with Crippen LogP contribution in [0.15, 0.2) is 16.9 Å². The number of alkyl halides is 3. The van der Waals surface area contributed by atoms with E-state index in [0.29, 0.717) is 0 Å². The van der Waals surface area contributed by atoms with Crippen molar-refractivity contribution in [2.45, 2.75) is 6.18 Å². The number of pyridine rings is 1. The summed E-state index contributed by atoms with van der Waals surface area (Å²) < 4.78 is 36.0. The molecule has 72 valence electrons. The molecular weight excluding hydrogens is 185 g/mol. The zero-order chi connectivity index (χ0) is 10.1. The number of hydrogen-bond acceptors (Lipinski definition) is 2. The van der Waals surface area contributed by atoms with Gasteiger partial charge in [-0.15, -0.1) is 0 Å². The molecule has 2 N–H and O–H groups in total. The summed E-state index contributed by atoms with van der Waals surface area (Å²) in [4.78, 5) is 12.6.